The molecule has 0 aliphatic rings. The molecule has 5 rings (SSSR count). The maximum absolute atomic E-state index is 13.3. The number of hydrogen-bond donors (Lipinski definition) is 2. The van der Waals surface area contributed by atoms with E-state index < -0.39 is 22.0 Å². The molecule has 1 atom stereocenters. The third kappa shape index (κ3) is 7.42. The van der Waals surface area contributed by atoms with Crippen molar-refractivity contribution in [3.63, 3.8) is 0 Å². The number of carbonyl (C=O) groups is 1. The molecule has 0 saturated heterocycles. The lowest BCUT2D eigenvalue weighted by Gasteiger charge is -2.17. The van der Waals surface area contributed by atoms with Crippen molar-refractivity contribution in [1.82, 2.24) is 14.7 Å². The number of hydrogen-bond acceptors (Lipinski definition) is 4. The van der Waals surface area contributed by atoms with E-state index >= 15 is 0 Å². The summed E-state index contributed by atoms with van der Waals surface area (Å²) in [5, 5.41) is 5.86. The van der Waals surface area contributed by atoms with Gasteiger partial charge >= 0.3 is 0 Å². The molecule has 0 radical (unpaired) electrons. The number of amides is 1. The van der Waals surface area contributed by atoms with Gasteiger partial charge in [0, 0.05) is 37.8 Å². The monoisotopic (exact) mass is 696 g/mol. The molecule has 0 saturated carbocycles. The van der Waals surface area contributed by atoms with E-state index in [2.05, 4.69) is 42.4 Å². The third-order valence-corrected chi connectivity index (χ3v) is 8.94. The van der Waals surface area contributed by atoms with Gasteiger partial charge < -0.3 is 4.57 Å². The Morgan fingerprint density at radius 2 is 1.59 bits per heavy atom. The topological polar surface area (TPSA) is 92.6 Å². The smallest absolute Gasteiger partial charge is 0.258 e. The maximum atomic E-state index is 13.3. The molecule has 1 aromatic heterocycles. The predicted octanol–water partition coefficient (Wildman–Crippen LogP) is 5.99. The van der Waals surface area contributed by atoms with Crippen molar-refractivity contribution >= 4 is 67.2 Å². The molecule has 2 N–H and O–H groups in total. The van der Waals surface area contributed by atoms with Crippen LogP contribution in [0.3, 0.4) is 0 Å². The number of aromatic nitrogens is 1. The standard InChI is InChI=1S/C31H26ClIN4O3S/c32-25-12-10-23(11-13-25)20-37-21-24(28-8-4-5-9-30(28)37)19-34-35-31(38)29(18-22-6-2-1-3-7-22)36-41(39,40)27-16-14-26(33)15-17-27/h1-17,19,21,29,36H,18,20H2,(H,35,38)/b34-19-/t29-/m0/s1. The van der Waals surface area contributed by atoms with Gasteiger partial charge in [0.05, 0.1) is 11.1 Å². The van der Waals surface area contributed by atoms with E-state index in [-0.39, 0.29) is 11.3 Å². The summed E-state index contributed by atoms with van der Waals surface area (Å²) in [5.41, 5.74) is 6.28. The first-order valence-electron chi connectivity index (χ1n) is 12.8. The van der Waals surface area contributed by atoms with Crippen LogP contribution in [0.4, 0.5) is 0 Å². The van der Waals surface area contributed by atoms with Crippen molar-refractivity contribution in [1.29, 1.82) is 0 Å². The van der Waals surface area contributed by atoms with Crippen LogP contribution in [0.2, 0.25) is 5.02 Å². The highest BCUT2D eigenvalue weighted by Gasteiger charge is 2.26. The van der Waals surface area contributed by atoms with Crippen LogP contribution in [0, 0.1) is 3.57 Å². The Kier molecular flexibility index (Phi) is 9.19. The molecule has 4 aromatic carbocycles. The van der Waals surface area contributed by atoms with Gasteiger partial charge in [-0.2, -0.15) is 9.82 Å². The van der Waals surface area contributed by atoms with Crippen LogP contribution < -0.4 is 10.1 Å². The second kappa shape index (κ2) is 13.0. The maximum Gasteiger partial charge on any atom is 0.258 e. The molecule has 0 bridgehead atoms. The van der Waals surface area contributed by atoms with Gasteiger partial charge in [0.15, 0.2) is 0 Å². The zero-order valence-corrected chi connectivity index (χ0v) is 25.5. The summed E-state index contributed by atoms with van der Waals surface area (Å²) < 4.78 is 31.8. The largest absolute Gasteiger partial charge is 0.342 e. The van der Waals surface area contributed by atoms with E-state index in [1.54, 1.807) is 18.3 Å². The Bertz CT molecular complexity index is 1790. The van der Waals surface area contributed by atoms with E-state index in [1.165, 1.54) is 12.1 Å². The molecule has 1 amide bonds. The molecular formula is C31H26ClIN4O3S. The van der Waals surface area contributed by atoms with Crippen LogP contribution in [0.1, 0.15) is 16.7 Å². The van der Waals surface area contributed by atoms with Gasteiger partial charge in [0.25, 0.3) is 5.91 Å². The number of para-hydroxylation sites is 1. The number of benzene rings is 4. The summed E-state index contributed by atoms with van der Waals surface area (Å²) in [7, 11) is -3.95. The lowest BCUT2D eigenvalue weighted by molar-refractivity contribution is -0.122. The number of sulfonamides is 1. The normalized spacial score (nSPS) is 12.5. The summed E-state index contributed by atoms with van der Waals surface area (Å²) in [6, 6.07) is 30.2. The fourth-order valence-corrected chi connectivity index (χ4v) is 6.13. The molecule has 0 spiro atoms. The van der Waals surface area contributed by atoms with Crippen molar-refractivity contribution in [2.75, 3.05) is 0 Å². The Morgan fingerprint density at radius 1 is 0.902 bits per heavy atom. The fourth-order valence-electron chi connectivity index (χ4n) is 4.45. The zero-order chi connectivity index (χ0) is 28.8. The van der Waals surface area contributed by atoms with E-state index in [4.69, 9.17) is 11.6 Å². The average Bonchev–Trinajstić information content (AvgIpc) is 3.31. The number of fused-ring (bicyclic) bond motifs is 1. The molecule has 7 nitrogen and oxygen atoms in total. The first kappa shape index (κ1) is 29.0. The minimum Gasteiger partial charge on any atom is -0.342 e. The molecule has 0 unspecified atom stereocenters. The number of hydrazone groups is 1. The van der Waals surface area contributed by atoms with Crippen LogP contribution in [-0.4, -0.2) is 31.1 Å². The van der Waals surface area contributed by atoms with Gasteiger partial charge in [0.1, 0.15) is 6.04 Å². The molecule has 41 heavy (non-hydrogen) atoms. The Balaban J connectivity index is 1.36. The Hall–Kier alpha value is -3.51. The lowest BCUT2D eigenvalue weighted by Crippen LogP contribution is -2.46. The summed E-state index contributed by atoms with van der Waals surface area (Å²) >= 11 is 8.15. The summed E-state index contributed by atoms with van der Waals surface area (Å²) in [6.07, 6.45) is 3.70. The lowest BCUT2D eigenvalue weighted by atomic mass is 10.1. The van der Waals surface area contributed by atoms with Gasteiger partial charge in [-0.05, 0) is 82.6 Å². The minimum absolute atomic E-state index is 0.0841. The molecule has 0 fully saturated rings. The van der Waals surface area contributed by atoms with Crippen LogP contribution in [0.5, 0.6) is 0 Å². The van der Waals surface area contributed by atoms with Crippen molar-refractivity contribution in [3.8, 4) is 0 Å². The van der Waals surface area contributed by atoms with Crippen LogP contribution >= 0.6 is 34.2 Å². The van der Waals surface area contributed by atoms with E-state index in [9.17, 15) is 13.2 Å². The first-order valence-corrected chi connectivity index (χ1v) is 15.7. The quantitative estimate of drug-likeness (QED) is 0.107. The number of nitrogens with one attached hydrogen (secondary N) is 2. The highest BCUT2D eigenvalue weighted by Crippen LogP contribution is 2.22. The molecule has 0 aliphatic carbocycles. The highest BCUT2D eigenvalue weighted by molar-refractivity contribution is 14.1. The zero-order valence-electron chi connectivity index (χ0n) is 21.7. The fraction of sp³-hybridized carbons (Fsp3) is 0.0968. The molecule has 10 heteroatoms. The first-order chi connectivity index (χ1) is 19.8. The van der Waals surface area contributed by atoms with Crippen molar-refractivity contribution < 1.29 is 13.2 Å². The van der Waals surface area contributed by atoms with E-state index in [0.29, 0.717) is 11.6 Å². The highest BCUT2D eigenvalue weighted by atomic mass is 127. The Labute approximate surface area is 257 Å². The summed E-state index contributed by atoms with van der Waals surface area (Å²) in [4.78, 5) is 13.4. The molecule has 208 valence electrons. The van der Waals surface area contributed by atoms with E-state index in [1.807, 2.05) is 85.1 Å². The molecule has 0 aliphatic heterocycles. The second-order valence-corrected chi connectivity index (χ2v) is 12.8. The Morgan fingerprint density at radius 3 is 2.32 bits per heavy atom. The molecular weight excluding hydrogens is 671 g/mol. The van der Waals surface area contributed by atoms with Gasteiger partial charge in [-0.25, -0.2) is 13.8 Å². The SMILES string of the molecule is O=C(N/N=C\c1cn(Cc2ccc(Cl)cc2)c2ccccc12)[C@H](Cc1ccccc1)NS(=O)(=O)c1ccc(I)cc1. The van der Waals surface area contributed by atoms with E-state index in [0.717, 1.165) is 31.2 Å². The van der Waals surface area contributed by atoms with Gasteiger partial charge in [-0.1, -0.05) is 72.3 Å². The van der Waals surface area contributed by atoms with Crippen molar-refractivity contribution in [2.24, 2.45) is 5.10 Å². The van der Waals surface area contributed by atoms with Crippen LogP contribution in [0.25, 0.3) is 10.9 Å². The summed E-state index contributed by atoms with van der Waals surface area (Å²) in [5.74, 6) is -0.566. The predicted molar refractivity (Wildman–Crippen MR) is 172 cm³/mol. The van der Waals surface area contributed by atoms with Gasteiger partial charge in [-0.3, -0.25) is 4.79 Å². The van der Waals surface area contributed by atoms with Crippen LogP contribution in [0.15, 0.2) is 119 Å². The van der Waals surface area contributed by atoms with Crippen molar-refractivity contribution in [3.05, 3.63) is 135 Å². The molecule has 5 aromatic rings. The minimum atomic E-state index is -3.95. The number of rotatable bonds is 10. The second-order valence-electron chi connectivity index (χ2n) is 9.41. The number of carbonyl (C=O) groups excluding carboxylic acids is 1. The summed E-state index contributed by atoms with van der Waals surface area (Å²) in [6.45, 7) is 0.636. The third-order valence-electron chi connectivity index (χ3n) is 6.48. The van der Waals surface area contributed by atoms with Gasteiger partial charge in [-0.15, -0.1) is 0 Å². The average molecular weight is 697 g/mol. The number of halogens is 2. The van der Waals surface area contributed by atoms with Crippen molar-refractivity contribution in [2.45, 2.75) is 23.9 Å². The van der Waals surface area contributed by atoms with Gasteiger partial charge in [0.2, 0.25) is 10.0 Å². The molecule has 1 heterocycles. The van der Waals surface area contributed by atoms with Crippen LogP contribution in [-0.2, 0) is 27.8 Å². The number of nitrogens with zero attached hydrogens (tertiary/aromatic N) is 2.